The number of nitrogens with one attached hydrogen (secondary N) is 2. The second-order valence-corrected chi connectivity index (χ2v) is 10.7. The van der Waals surface area contributed by atoms with Crippen molar-refractivity contribution in [1.82, 2.24) is 9.21 Å². The van der Waals surface area contributed by atoms with E-state index in [-0.39, 0.29) is 5.82 Å². The Morgan fingerprint density at radius 2 is 1.84 bits per heavy atom. The van der Waals surface area contributed by atoms with Crippen molar-refractivity contribution in [3.63, 3.8) is 0 Å². The van der Waals surface area contributed by atoms with E-state index in [4.69, 9.17) is 5.41 Å². The molecule has 1 aliphatic heterocycles. The molecule has 0 bridgehead atoms. The molecule has 0 amide bonds. The van der Waals surface area contributed by atoms with Crippen LogP contribution in [0.2, 0.25) is 0 Å². The molecular weight excluding hydrogens is 419 g/mol. The number of nitrogens with zero attached hydrogens (tertiary/aromatic N) is 2. The molecule has 0 spiro atoms. The van der Waals surface area contributed by atoms with Crippen LogP contribution >= 0.6 is 11.9 Å². The summed E-state index contributed by atoms with van der Waals surface area (Å²) in [4.78, 5) is 2.61. The smallest absolute Gasteiger partial charge is 0.123 e. The molecule has 0 aliphatic carbocycles. The first kappa shape index (κ1) is 24.7. The Bertz CT molecular complexity index is 897. The number of aryl methyl sites for hydroxylation is 1. The first-order valence-electron chi connectivity index (χ1n) is 11.6. The molecule has 1 saturated heterocycles. The Hall–Kier alpha value is -1.89. The topological polar surface area (TPSA) is 42.4 Å². The van der Waals surface area contributed by atoms with E-state index in [2.05, 4.69) is 61.3 Å². The molecule has 0 radical (unpaired) electrons. The Morgan fingerprint density at radius 1 is 1.12 bits per heavy atom. The highest BCUT2D eigenvalue weighted by Crippen LogP contribution is 2.34. The molecule has 3 rings (SSSR count). The number of anilines is 2. The van der Waals surface area contributed by atoms with Gasteiger partial charge in [0.1, 0.15) is 5.82 Å². The summed E-state index contributed by atoms with van der Waals surface area (Å²) in [6, 6.07) is 11.0. The normalized spacial score (nSPS) is 17.8. The minimum atomic E-state index is -0.253. The van der Waals surface area contributed by atoms with Crippen LogP contribution in [0.1, 0.15) is 50.4 Å². The zero-order chi connectivity index (χ0) is 23.3. The van der Waals surface area contributed by atoms with Crippen molar-refractivity contribution in [1.29, 1.82) is 5.41 Å². The van der Waals surface area contributed by atoms with E-state index in [0.717, 1.165) is 48.9 Å². The van der Waals surface area contributed by atoms with Crippen LogP contribution in [0, 0.1) is 30.0 Å². The highest BCUT2D eigenvalue weighted by atomic mass is 32.2. The summed E-state index contributed by atoms with van der Waals surface area (Å²) in [6.07, 6.45) is 1.41. The number of benzene rings is 2. The summed E-state index contributed by atoms with van der Waals surface area (Å²) in [5.41, 5.74) is 5.06. The van der Waals surface area contributed by atoms with Crippen LogP contribution in [0.4, 0.5) is 15.8 Å². The summed E-state index contributed by atoms with van der Waals surface area (Å²) in [5.74, 6) is 2.17. The maximum atomic E-state index is 13.3. The Kier molecular flexibility index (Phi) is 8.74. The molecule has 1 aliphatic rings. The van der Waals surface area contributed by atoms with E-state index in [1.54, 1.807) is 12.1 Å². The van der Waals surface area contributed by atoms with E-state index >= 15 is 0 Å². The van der Waals surface area contributed by atoms with Crippen LogP contribution in [0.3, 0.4) is 0 Å². The van der Waals surface area contributed by atoms with Gasteiger partial charge in [0.25, 0.3) is 0 Å². The molecule has 1 fully saturated rings. The van der Waals surface area contributed by atoms with E-state index in [9.17, 15) is 4.39 Å². The van der Waals surface area contributed by atoms with Crippen molar-refractivity contribution in [2.24, 2.45) is 11.8 Å². The van der Waals surface area contributed by atoms with E-state index in [1.807, 2.05) is 11.9 Å². The second-order valence-electron chi connectivity index (χ2n) is 9.55. The number of hydrogen-bond donors (Lipinski definition) is 2. The highest BCUT2D eigenvalue weighted by Gasteiger charge is 2.30. The fraction of sp³-hybridized carbons (Fsp3) is 0.500. The van der Waals surface area contributed by atoms with Gasteiger partial charge in [-0.3, -0.25) is 4.90 Å². The molecule has 1 unspecified atom stereocenters. The fourth-order valence-corrected chi connectivity index (χ4v) is 5.13. The van der Waals surface area contributed by atoms with Gasteiger partial charge in [0, 0.05) is 61.1 Å². The van der Waals surface area contributed by atoms with Gasteiger partial charge in [0.15, 0.2) is 0 Å². The standard InChI is InChI=1S/C26H37FN4S/c1-18(2)15-30-10-11-31(32-17-19(3)4)16-26(30)24-13-21(14-28)25(12-20(24)5)29-23-8-6-22(27)7-9-23/h6-9,12-14,18-19,26,28-29H,10-11,15-17H2,1-5H3. The highest BCUT2D eigenvalue weighted by molar-refractivity contribution is 7.97. The van der Waals surface area contributed by atoms with Crippen LogP contribution in [0.15, 0.2) is 36.4 Å². The molecule has 6 heteroatoms. The third kappa shape index (κ3) is 6.56. The predicted molar refractivity (Wildman–Crippen MR) is 137 cm³/mol. The summed E-state index contributed by atoms with van der Waals surface area (Å²) in [5, 5.41) is 11.4. The average Bonchev–Trinajstić information content (AvgIpc) is 2.74. The average molecular weight is 457 g/mol. The molecule has 32 heavy (non-hydrogen) atoms. The zero-order valence-corrected chi connectivity index (χ0v) is 20.8. The van der Waals surface area contributed by atoms with Gasteiger partial charge >= 0.3 is 0 Å². The zero-order valence-electron chi connectivity index (χ0n) is 20.0. The first-order valence-corrected chi connectivity index (χ1v) is 12.5. The molecule has 2 aromatic rings. The lowest BCUT2D eigenvalue weighted by molar-refractivity contribution is 0.110. The number of piperazine rings is 1. The summed E-state index contributed by atoms with van der Waals surface area (Å²) in [7, 11) is 0. The first-order chi connectivity index (χ1) is 15.3. The Morgan fingerprint density at radius 3 is 2.47 bits per heavy atom. The molecule has 2 N–H and O–H groups in total. The monoisotopic (exact) mass is 456 g/mol. The van der Waals surface area contributed by atoms with Crippen LogP contribution in [0.25, 0.3) is 0 Å². The lowest BCUT2D eigenvalue weighted by Gasteiger charge is -2.42. The van der Waals surface area contributed by atoms with Crippen molar-refractivity contribution in [3.8, 4) is 0 Å². The molecule has 174 valence electrons. The van der Waals surface area contributed by atoms with Crippen LogP contribution < -0.4 is 5.32 Å². The third-order valence-corrected chi connectivity index (χ3v) is 7.23. The summed E-state index contributed by atoms with van der Waals surface area (Å²) < 4.78 is 15.8. The fourth-order valence-electron chi connectivity index (χ4n) is 4.17. The van der Waals surface area contributed by atoms with E-state index in [0.29, 0.717) is 17.9 Å². The van der Waals surface area contributed by atoms with Gasteiger partial charge in [-0.1, -0.05) is 39.6 Å². The van der Waals surface area contributed by atoms with E-state index in [1.165, 1.54) is 29.5 Å². The Balaban J connectivity index is 1.89. The minimum Gasteiger partial charge on any atom is -0.355 e. The van der Waals surface area contributed by atoms with Gasteiger partial charge in [0.05, 0.1) is 0 Å². The maximum absolute atomic E-state index is 13.3. The van der Waals surface area contributed by atoms with Gasteiger partial charge in [-0.2, -0.15) is 0 Å². The van der Waals surface area contributed by atoms with Crippen molar-refractivity contribution >= 4 is 29.5 Å². The van der Waals surface area contributed by atoms with Crippen LogP contribution in [0.5, 0.6) is 0 Å². The largest absolute Gasteiger partial charge is 0.355 e. The summed E-state index contributed by atoms with van der Waals surface area (Å²) >= 11 is 1.97. The predicted octanol–water partition coefficient (Wildman–Crippen LogP) is 6.49. The lowest BCUT2D eigenvalue weighted by Crippen LogP contribution is -2.47. The van der Waals surface area contributed by atoms with Gasteiger partial charge in [0.2, 0.25) is 0 Å². The number of halogens is 1. The van der Waals surface area contributed by atoms with Crippen molar-refractivity contribution in [2.75, 3.05) is 37.2 Å². The molecule has 4 nitrogen and oxygen atoms in total. The minimum absolute atomic E-state index is 0.253. The molecule has 2 aromatic carbocycles. The van der Waals surface area contributed by atoms with Crippen LogP contribution in [-0.2, 0) is 0 Å². The van der Waals surface area contributed by atoms with Crippen molar-refractivity contribution in [3.05, 3.63) is 58.9 Å². The second kappa shape index (κ2) is 11.3. The SMILES string of the molecule is Cc1cc(Nc2ccc(F)cc2)c(C=N)cc1C1CN(SCC(C)C)CCN1CC(C)C. The molecular formula is C26H37FN4S. The van der Waals surface area contributed by atoms with Gasteiger partial charge < -0.3 is 10.7 Å². The van der Waals surface area contributed by atoms with Gasteiger partial charge in [-0.15, -0.1) is 0 Å². The molecule has 1 heterocycles. The number of rotatable bonds is 9. The molecule has 0 saturated carbocycles. The van der Waals surface area contributed by atoms with Crippen molar-refractivity contribution in [2.45, 2.75) is 40.7 Å². The van der Waals surface area contributed by atoms with Gasteiger partial charge in [-0.05, 0) is 66.3 Å². The molecule has 0 aromatic heterocycles. The summed E-state index contributed by atoms with van der Waals surface area (Å²) in [6.45, 7) is 15.5. The van der Waals surface area contributed by atoms with Crippen molar-refractivity contribution < 1.29 is 4.39 Å². The number of hydrogen-bond acceptors (Lipinski definition) is 5. The Labute approximate surface area is 197 Å². The lowest BCUT2D eigenvalue weighted by atomic mass is 9.94. The quantitative estimate of drug-likeness (QED) is 0.334. The third-order valence-electron chi connectivity index (χ3n) is 5.72. The van der Waals surface area contributed by atoms with Gasteiger partial charge in [-0.25, -0.2) is 8.70 Å². The maximum Gasteiger partial charge on any atom is 0.123 e. The molecule has 1 atom stereocenters. The van der Waals surface area contributed by atoms with Crippen LogP contribution in [-0.4, -0.2) is 47.4 Å². The van der Waals surface area contributed by atoms with E-state index < -0.39 is 0 Å².